The molecule has 0 saturated heterocycles. The summed E-state index contributed by atoms with van der Waals surface area (Å²) in [6.07, 6.45) is 0. The summed E-state index contributed by atoms with van der Waals surface area (Å²) in [7, 11) is 0. The highest BCUT2D eigenvalue weighted by molar-refractivity contribution is 5.61. The van der Waals surface area contributed by atoms with E-state index in [0.29, 0.717) is 0 Å². The van der Waals surface area contributed by atoms with E-state index in [2.05, 4.69) is 4.98 Å². The van der Waals surface area contributed by atoms with Gasteiger partial charge in [-0.25, -0.2) is 0 Å². The number of aryl methyl sites for hydroxylation is 1. The Morgan fingerprint density at radius 1 is 1.00 bits per heavy atom. The third kappa shape index (κ3) is 1.59. The molecule has 0 bridgehead atoms. The number of aromatic nitrogens is 1. The second-order valence-electron chi connectivity index (χ2n) is 3.25. The molecule has 0 radical (unpaired) electrons. The zero-order valence-electron chi connectivity index (χ0n) is 7.95. The SMILES string of the molecule is Cc1ccc(-c2ccccc2)c(=O)[nH]1. The maximum atomic E-state index is 11.6. The zero-order valence-corrected chi connectivity index (χ0v) is 7.95. The monoisotopic (exact) mass is 185 g/mol. The van der Waals surface area contributed by atoms with E-state index >= 15 is 0 Å². The summed E-state index contributed by atoms with van der Waals surface area (Å²) < 4.78 is 0. The number of nitrogens with one attached hydrogen (secondary N) is 1. The van der Waals surface area contributed by atoms with Gasteiger partial charge in [0.05, 0.1) is 0 Å². The first-order valence-corrected chi connectivity index (χ1v) is 4.53. The van der Waals surface area contributed by atoms with Crippen LogP contribution >= 0.6 is 0 Å². The molecule has 1 aromatic carbocycles. The minimum atomic E-state index is -0.0313. The fourth-order valence-corrected chi connectivity index (χ4v) is 1.42. The normalized spacial score (nSPS) is 10.1. The first-order valence-electron chi connectivity index (χ1n) is 4.53. The number of pyridine rings is 1. The van der Waals surface area contributed by atoms with Gasteiger partial charge in [0.25, 0.3) is 5.56 Å². The minimum absolute atomic E-state index is 0.0313. The number of hydrogen-bond donors (Lipinski definition) is 1. The van der Waals surface area contributed by atoms with Gasteiger partial charge in [0, 0.05) is 11.3 Å². The van der Waals surface area contributed by atoms with Gasteiger partial charge in [0.1, 0.15) is 0 Å². The third-order valence-electron chi connectivity index (χ3n) is 2.14. The molecule has 14 heavy (non-hydrogen) atoms. The van der Waals surface area contributed by atoms with Crippen molar-refractivity contribution in [3.05, 3.63) is 58.5 Å². The molecule has 70 valence electrons. The highest BCUT2D eigenvalue weighted by atomic mass is 16.1. The van der Waals surface area contributed by atoms with Crippen molar-refractivity contribution in [3.63, 3.8) is 0 Å². The summed E-state index contributed by atoms with van der Waals surface area (Å²) in [5, 5.41) is 0. The van der Waals surface area contributed by atoms with Gasteiger partial charge in [-0.2, -0.15) is 0 Å². The number of hydrogen-bond acceptors (Lipinski definition) is 1. The highest BCUT2D eigenvalue weighted by Gasteiger charge is 2.00. The molecule has 0 amide bonds. The van der Waals surface area contributed by atoms with E-state index in [1.807, 2.05) is 49.4 Å². The van der Waals surface area contributed by atoms with Crippen molar-refractivity contribution >= 4 is 0 Å². The molecular formula is C12H11NO. The second-order valence-corrected chi connectivity index (χ2v) is 3.25. The van der Waals surface area contributed by atoms with Crippen LogP contribution in [0.15, 0.2) is 47.3 Å². The van der Waals surface area contributed by atoms with Crippen LogP contribution in [0.1, 0.15) is 5.69 Å². The van der Waals surface area contributed by atoms with E-state index in [4.69, 9.17) is 0 Å². The van der Waals surface area contributed by atoms with Crippen LogP contribution in [0.4, 0.5) is 0 Å². The Kier molecular flexibility index (Phi) is 2.19. The molecule has 0 unspecified atom stereocenters. The summed E-state index contributed by atoms with van der Waals surface area (Å²) in [6, 6.07) is 13.4. The average Bonchev–Trinajstić information content (AvgIpc) is 2.19. The highest BCUT2D eigenvalue weighted by Crippen LogP contribution is 2.13. The van der Waals surface area contributed by atoms with Crippen LogP contribution < -0.4 is 5.56 Å². The van der Waals surface area contributed by atoms with Gasteiger partial charge in [0.15, 0.2) is 0 Å². The summed E-state index contributed by atoms with van der Waals surface area (Å²) in [4.78, 5) is 14.4. The van der Waals surface area contributed by atoms with E-state index in [1.54, 1.807) is 0 Å². The predicted octanol–water partition coefficient (Wildman–Crippen LogP) is 2.35. The molecule has 0 fully saturated rings. The quantitative estimate of drug-likeness (QED) is 0.726. The van der Waals surface area contributed by atoms with Crippen molar-refractivity contribution in [2.75, 3.05) is 0 Å². The molecule has 2 rings (SSSR count). The lowest BCUT2D eigenvalue weighted by Gasteiger charge is -2.00. The molecule has 0 aliphatic carbocycles. The van der Waals surface area contributed by atoms with Crippen molar-refractivity contribution in [2.24, 2.45) is 0 Å². The first kappa shape index (κ1) is 8.75. The van der Waals surface area contributed by atoms with Crippen LogP contribution in [-0.4, -0.2) is 4.98 Å². The predicted molar refractivity (Wildman–Crippen MR) is 57.2 cm³/mol. The Morgan fingerprint density at radius 2 is 1.71 bits per heavy atom. The van der Waals surface area contributed by atoms with Crippen LogP contribution in [0.2, 0.25) is 0 Å². The smallest absolute Gasteiger partial charge is 0.256 e. The van der Waals surface area contributed by atoms with E-state index < -0.39 is 0 Å². The lowest BCUT2D eigenvalue weighted by Crippen LogP contribution is -2.09. The summed E-state index contributed by atoms with van der Waals surface area (Å²) in [5.41, 5.74) is 2.52. The molecule has 0 aliphatic heterocycles. The van der Waals surface area contributed by atoms with Crippen molar-refractivity contribution in [1.82, 2.24) is 4.98 Å². The summed E-state index contributed by atoms with van der Waals surface area (Å²) >= 11 is 0. The van der Waals surface area contributed by atoms with Crippen molar-refractivity contribution in [1.29, 1.82) is 0 Å². The molecule has 2 nitrogen and oxygen atoms in total. The van der Waals surface area contributed by atoms with Gasteiger partial charge >= 0.3 is 0 Å². The number of H-pyrrole nitrogens is 1. The van der Waals surface area contributed by atoms with Gasteiger partial charge < -0.3 is 4.98 Å². The van der Waals surface area contributed by atoms with Crippen LogP contribution in [0.5, 0.6) is 0 Å². The van der Waals surface area contributed by atoms with Crippen LogP contribution in [0.3, 0.4) is 0 Å². The fraction of sp³-hybridized carbons (Fsp3) is 0.0833. The largest absolute Gasteiger partial charge is 0.326 e. The minimum Gasteiger partial charge on any atom is -0.326 e. The third-order valence-corrected chi connectivity index (χ3v) is 2.14. The molecular weight excluding hydrogens is 174 g/mol. The van der Waals surface area contributed by atoms with Gasteiger partial charge in [-0.3, -0.25) is 4.79 Å². The van der Waals surface area contributed by atoms with Gasteiger partial charge in [-0.15, -0.1) is 0 Å². The molecule has 1 aromatic heterocycles. The molecule has 1 heterocycles. The van der Waals surface area contributed by atoms with Crippen molar-refractivity contribution < 1.29 is 0 Å². The lowest BCUT2D eigenvalue weighted by atomic mass is 10.1. The number of benzene rings is 1. The molecule has 2 aromatic rings. The molecule has 0 spiro atoms. The lowest BCUT2D eigenvalue weighted by molar-refractivity contribution is 1.15. The van der Waals surface area contributed by atoms with Gasteiger partial charge in [-0.1, -0.05) is 30.3 Å². The Morgan fingerprint density at radius 3 is 2.36 bits per heavy atom. The molecule has 0 aliphatic rings. The second kappa shape index (κ2) is 3.50. The average molecular weight is 185 g/mol. The van der Waals surface area contributed by atoms with Gasteiger partial charge in [-0.05, 0) is 24.6 Å². The maximum absolute atomic E-state index is 11.6. The molecule has 2 heteroatoms. The maximum Gasteiger partial charge on any atom is 0.256 e. The molecule has 1 N–H and O–H groups in total. The Labute approximate surface area is 82.2 Å². The fourth-order valence-electron chi connectivity index (χ4n) is 1.42. The number of rotatable bonds is 1. The Bertz CT molecular complexity index is 485. The topological polar surface area (TPSA) is 32.9 Å². The van der Waals surface area contributed by atoms with Crippen LogP contribution in [-0.2, 0) is 0 Å². The van der Waals surface area contributed by atoms with Crippen molar-refractivity contribution in [3.8, 4) is 11.1 Å². The molecule has 0 atom stereocenters. The molecule has 0 saturated carbocycles. The van der Waals surface area contributed by atoms with E-state index in [0.717, 1.165) is 16.8 Å². The first-order chi connectivity index (χ1) is 6.77. The Balaban J connectivity index is 2.59. The summed E-state index contributed by atoms with van der Waals surface area (Å²) in [5.74, 6) is 0. The van der Waals surface area contributed by atoms with Crippen molar-refractivity contribution in [2.45, 2.75) is 6.92 Å². The number of aromatic amines is 1. The van der Waals surface area contributed by atoms with Crippen LogP contribution in [0, 0.1) is 6.92 Å². The van der Waals surface area contributed by atoms with E-state index in [-0.39, 0.29) is 5.56 Å². The zero-order chi connectivity index (χ0) is 9.97. The Hall–Kier alpha value is -1.83. The van der Waals surface area contributed by atoms with Gasteiger partial charge in [0.2, 0.25) is 0 Å². The summed E-state index contributed by atoms with van der Waals surface area (Å²) in [6.45, 7) is 1.87. The van der Waals surface area contributed by atoms with E-state index in [1.165, 1.54) is 0 Å². The van der Waals surface area contributed by atoms with Crippen LogP contribution in [0.25, 0.3) is 11.1 Å². The van der Waals surface area contributed by atoms with E-state index in [9.17, 15) is 4.79 Å². The standard InChI is InChI=1S/C12H11NO/c1-9-7-8-11(12(14)13-9)10-5-3-2-4-6-10/h2-8H,1H3,(H,13,14).